The van der Waals surface area contributed by atoms with Gasteiger partial charge in [-0.15, -0.1) is 0 Å². The number of esters is 1. The number of hydrogen-bond acceptors (Lipinski definition) is 6. The molecule has 0 radical (unpaired) electrons. The monoisotopic (exact) mass is 428 g/mol. The second kappa shape index (κ2) is 10.3. The van der Waals surface area contributed by atoms with Crippen molar-refractivity contribution < 1.29 is 49.9 Å². The molecule has 4 atom stereocenters. The Morgan fingerprint density at radius 1 is 1.55 bits per heavy atom. The van der Waals surface area contributed by atoms with Gasteiger partial charge in [-0.2, -0.15) is 0 Å². The zero-order valence-corrected chi connectivity index (χ0v) is 14.6. The van der Waals surface area contributed by atoms with Crippen LogP contribution in [0.1, 0.15) is 26.2 Å². The Morgan fingerprint density at radius 3 is 2.86 bits per heavy atom. The average molecular weight is 428 g/mol. The summed E-state index contributed by atoms with van der Waals surface area (Å²) in [5.74, 6) is -0.748. The van der Waals surface area contributed by atoms with Crippen molar-refractivity contribution in [1.82, 2.24) is 0 Å². The predicted molar refractivity (Wildman–Crippen MR) is 73.9 cm³/mol. The van der Waals surface area contributed by atoms with Gasteiger partial charge < -0.3 is 5.11 Å². The smallest absolute Gasteiger partial charge is 0.394 e. The number of rotatable bonds is 9. The summed E-state index contributed by atoms with van der Waals surface area (Å²) in [6.07, 6.45) is 6.37. The van der Waals surface area contributed by atoms with Crippen LogP contribution >= 0.6 is 0 Å². The van der Waals surface area contributed by atoms with Crippen LogP contribution in [-0.2, 0) is 9.53 Å². The van der Waals surface area contributed by atoms with E-state index < -0.39 is 31.0 Å². The molecule has 7 nitrogen and oxygen atoms in total. The molecule has 3 unspecified atom stereocenters. The number of allylic oxidation sites excluding steroid dienone is 3. The SMILES string of the molecule is CC1C=C([I-][NH+]([O-])O)C=CC1C(=O)OCCCC[C@@H](O)CO. The molecule has 0 aromatic rings. The van der Waals surface area contributed by atoms with Crippen molar-refractivity contribution in [2.45, 2.75) is 32.3 Å². The molecule has 1 aliphatic carbocycles. The average Bonchev–Trinajstić information content (AvgIpc) is 2.45. The van der Waals surface area contributed by atoms with Crippen LogP contribution in [0.25, 0.3) is 0 Å². The minimum atomic E-state index is -1.05. The van der Waals surface area contributed by atoms with E-state index in [0.29, 0.717) is 19.3 Å². The van der Waals surface area contributed by atoms with Crippen LogP contribution in [0.4, 0.5) is 0 Å². The molecule has 8 heteroatoms. The minimum Gasteiger partial charge on any atom is -0.394 e. The zero-order valence-electron chi connectivity index (χ0n) is 12.4. The molecule has 0 fully saturated rings. The van der Waals surface area contributed by atoms with Crippen LogP contribution in [0.15, 0.2) is 21.8 Å². The summed E-state index contributed by atoms with van der Waals surface area (Å²) in [4.78, 5) is 12.0. The number of nitrogens with one attached hydrogen (secondary N) is 1. The number of carbonyl (C=O) groups excluding carboxylic acids is 1. The van der Waals surface area contributed by atoms with Crippen molar-refractivity contribution >= 4 is 5.97 Å². The van der Waals surface area contributed by atoms with Crippen LogP contribution in [-0.4, -0.2) is 40.7 Å². The van der Waals surface area contributed by atoms with E-state index in [1.165, 1.54) is 0 Å². The van der Waals surface area contributed by atoms with Crippen molar-refractivity contribution in [1.29, 1.82) is 0 Å². The molecule has 0 amide bonds. The third-order valence-electron chi connectivity index (χ3n) is 3.30. The first-order valence-corrected chi connectivity index (χ1v) is 9.33. The molecule has 0 bridgehead atoms. The third-order valence-corrected chi connectivity index (χ3v) is 5.10. The molecule has 0 saturated heterocycles. The summed E-state index contributed by atoms with van der Waals surface area (Å²) in [5.41, 5.74) is 0. The van der Waals surface area contributed by atoms with Gasteiger partial charge in [0.25, 0.3) is 0 Å². The minimum absolute atomic E-state index is 0.0669. The Labute approximate surface area is 140 Å². The molecule has 4 N–H and O–H groups in total. The van der Waals surface area contributed by atoms with E-state index in [1.54, 1.807) is 12.2 Å². The van der Waals surface area contributed by atoms with Gasteiger partial charge in [0.05, 0.1) is 0 Å². The number of hydrogen-bond donors (Lipinski definition) is 4. The zero-order chi connectivity index (χ0) is 16.5. The van der Waals surface area contributed by atoms with Crippen LogP contribution in [0.2, 0.25) is 0 Å². The summed E-state index contributed by atoms with van der Waals surface area (Å²) in [6, 6.07) is 0. The van der Waals surface area contributed by atoms with Gasteiger partial charge in [0, 0.05) is 0 Å². The van der Waals surface area contributed by atoms with Gasteiger partial charge in [0.2, 0.25) is 0 Å². The first kappa shape index (κ1) is 19.5. The normalized spacial score (nSPS) is 24.0. The molecule has 128 valence electrons. The number of quaternary nitrogens is 1. The number of aliphatic hydroxyl groups is 2. The van der Waals surface area contributed by atoms with Gasteiger partial charge in [-0.25, -0.2) is 0 Å². The van der Waals surface area contributed by atoms with Crippen molar-refractivity contribution in [3.63, 3.8) is 0 Å². The van der Waals surface area contributed by atoms with Gasteiger partial charge in [-0.05, 0) is 0 Å². The van der Waals surface area contributed by atoms with E-state index in [4.69, 9.17) is 15.1 Å². The number of aliphatic hydroxyl groups excluding tert-OH is 2. The summed E-state index contributed by atoms with van der Waals surface area (Å²) >= 11 is -1.05. The van der Waals surface area contributed by atoms with Crippen LogP contribution in [0, 0.1) is 17.0 Å². The van der Waals surface area contributed by atoms with Crippen LogP contribution in [0.3, 0.4) is 0 Å². The topological polar surface area (TPSA) is 114 Å². The van der Waals surface area contributed by atoms with E-state index in [-0.39, 0.29) is 31.0 Å². The van der Waals surface area contributed by atoms with Gasteiger partial charge in [0.15, 0.2) is 0 Å². The van der Waals surface area contributed by atoms with Crippen molar-refractivity contribution in [3.8, 4) is 0 Å². The molecule has 0 heterocycles. The summed E-state index contributed by atoms with van der Waals surface area (Å²) < 4.78 is 5.23. The number of ether oxygens (including phenoxy) is 1. The Bertz CT molecular complexity index is 412. The van der Waals surface area contributed by atoms with Crippen molar-refractivity contribution in [3.05, 3.63) is 27.0 Å². The molecule has 0 spiro atoms. The Hall–Kier alpha value is -0.520. The van der Waals surface area contributed by atoms with E-state index in [2.05, 4.69) is 0 Å². The quantitative estimate of drug-likeness (QED) is 0.0999. The summed E-state index contributed by atoms with van der Waals surface area (Å²) in [6.45, 7) is 1.91. The summed E-state index contributed by atoms with van der Waals surface area (Å²) in [7, 11) is 0. The maximum atomic E-state index is 12.0. The second-order valence-electron chi connectivity index (χ2n) is 5.14. The Kier molecular flexibility index (Phi) is 9.13. The number of carbonyl (C=O) groups is 1. The fourth-order valence-corrected chi connectivity index (χ4v) is 3.74. The maximum absolute atomic E-state index is 12.0. The van der Waals surface area contributed by atoms with Crippen molar-refractivity contribution in [2.75, 3.05) is 13.2 Å². The molecule has 1 aliphatic rings. The van der Waals surface area contributed by atoms with Gasteiger partial charge in [0.1, 0.15) is 0 Å². The molecule has 0 aromatic carbocycles. The van der Waals surface area contributed by atoms with Gasteiger partial charge in [-0.3, -0.25) is 0 Å². The molecular weight excluding hydrogens is 405 g/mol. The molecule has 1 rings (SSSR count). The van der Waals surface area contributed by atoms with Crippen molar-refractivity contribution in [2.24, 2.45) is 11.8 Å². The first-order valence-electron chi connectivity index (χ1n) is 7.17. The number of unbranched alkanes of at least 4 members (excludes halogenated alkanes) is 1. The van der Waals surface area contributed by atoms with Crippen LogP contribution < -0.4 is 24.9 Å². The molecule has 0 aromatic heterocycles. The molecular formula is C14H23INO6-. The van der Waals surface area contributed by atoms with Gasteiger partial charge >= 0.3 is 135 Å². The predicted octanol–water partition coefficient (Wildman–Crippen LogP) is -3.46. The van der Waals surface area contributed by atoms with E-state index in [1.807, 2.05) is 13.0 Å². The van der Waals surface area contributed by atoms with Gasteiger partial charge in [-0.1, -0.05) is 0 Å². The standard InChI is InChI=1S/C14H23INO6/c1-10-8-11(15-16(20)21)5-6-13(10)14(19)22-7-3-2-4-12(18)9-17/h5-6,8,10,12-13,16-18,20H,2-4,7,9H2,1H3/q-1/t10?,12-,13?/m1/s1. The Morgan fingerprint density at radius 2 is 2.27 bits per heavy atom. The van der Waals surface area contributed by atoms with Crippen LogP contribution in [0.5, 0.6) is 0 Å². The summed E-state index contributed by atoms with van der Waals surface area (Å²) in [5, 5.41) is 37.4. The Balaban J connectivity index is 2.29. The fraction of sp³-hybridized carbons (Fsp3) is 0.643. The van der Waals surface area contributed by atoms with E-state index in [9.17, 15) is 15.1 Å². The first-order chi connectivity index (χ1) is 10.4. The number of halogens is 1. The van der Waals surface area contributed by atoms with E-state index >= 15 is 0 Å². The molecule has 0 aliphatic heterocycles. The second-order valence-corrected chi connectivity index (χ2v) is 7.85. The third kappa shape index (κ3) is 7.16. The molecule has 0 saturated carbocycles. The van der Waals surface area contributed by atoms with E-state index in [0.717, 1.165) is 3.58 Å². The fourth-order valence-electron chi connectivity index (χ4n) is 2.07. The molecule has 22 heavy (non-hydrogen) atoms.